The Morgan fingerprint density at radius 2 is 1.42 bits per heavy atom. The zero-order chi connectivity index (χ0) is 15.9. The number of nitrogens with one attached hydrogen (secondary N) is 1. The fourth-order valence-electron chi connectivity index (χ4n) is 3.30. The summed E-state index contributed by atoms with van der Waals surface area (Å²) in [6.07, 6.45) is 0. The maximum atomic E-state index is 3.62. The molecule has 1 nitrogen and oxygen atoms in total. The third-order valence-corrected chi connectivity index (χ3v) is 5.57. The Hall–Kier alpha value is -2.84. The van der Waals surface area contributed by atoms with Crippen molar-refractivity contribution in [2.75, 3.05) is 5.32 Å². The molecule has 0 aliphatic rings. The number of rotatable bonds is 2. The summed E-state index contributed by atoms with van der Waals surface area (Å²) in [4.78, 5) is 0. The summed E-state index contributed by atoms with van der Waals surface area (Å²) in [5, 5.41) is 8.78. The standard InChI is InChI=1S/C22H15NS/c1-2-7-16-14-17(13-12-15(16)6-1)23-19-9-5-11-21-22(19)18-8-3-4-10-20(18)24-21/h1-14,23H. The lowest BCUT2D eigenvalue weighted by Gasteiger charge is -2.09. The summed E-state index contributed by atoms with van der Waals surface area (Å²) in [6.45, 7) is 0. The van der Waals surface area contributed by atoms with Crippen LogP contribution in [0.2, 0.25) is 0 Å². The van der Waals surface area contributed by atoms with Crippen molar-refractivity contribution in [2.24, 2.45) is 0 Å². The highest BCUT2D eigenvalue weighted by Gasteiger charge is 2.09. The fraction of sp³-hybridized carbons (Fsp3) is 0. The molecule has 1 heterocycles. The van der Waals surface area contributed by atoms with E-state index in [4.69, 9.17) is 0 Å². The Labute approximate surface area is 144 Å². The molecule has 0 saturated heterocycles. The van der Waals surface area contributed by atoms with Gasteiger partial charge in [-0.3, -0.25) is 0 Å². The predicted molar refractivity (Wildman–Crippen MR) is 107 cm³/mol. The average molecular weight is 325 g/mol. The van der Waals surface area contributed by atoms with Crippen LogP contribution < -0.4 is 5.32 Å². The van der Waals surface area contributed by atoms with E-state index in [0.717, 1.165) is 5.69 Å². The Bertz CT molecular complexity index is 1190. The molecule has 1 aromatic heterocycles. The van der Waals surface area contributed by atoms with E-state index >= 15 is 0 Å². The van der Waals surface area contributed by atoms with Gasteiger partial charge in [-0.25, -0.2) is 0 Å². The van der Waals surface area contributed by atoms with Crippen LogP contribution in [0.1, 0.15) is 0 Å². The van der Waals surface area contributed by atoms with Gasteiger partial charge in [0.05, 0.1) is 0 Å². The molecule has 0 spiro atoms. The van der Waals surface area contributed by atoms with Crippen molar-refractivity contribution in [1.82, 2.24) is 0 Å². The van der Waals surface area contributed by atoms with Gasteiger partial charge in [0.1, 0.15) is 0 Å². The molecule has 0 radical (unpaired) electrons. The zero-order valence-corrected chi connectivity index (χ0v) is 13.8. The molecule has 0 unspecified atom stereocenters. The first-order valence-corrected chi connectivity index (χ1v) is 8.86. The van der Waals surface area contributed by atoms with Crippen molar-refractivity contribution in [3.05, 3.63) is 84.9 Å². The summed E-state index contributed by atoms with van der Waals surface area (Å²) in [6, 6.07) is 30.1. The van der Waals surface area contributed by atoms with Crippen molar-refractivity contribution in [3.8, 4) is 0 Å². The quantitative estimate of drug-likeness (QED) is 0.370. The molecule has 5 rings (SSSR count). The summed E-state index contributed by atoms with van der Waals surface area (Å²) >= 11 is 1.85. The molecule has 0 fully saturated rings. The first kappa shape index (κ1) is 13.6. The maximum absolute atomic E-state index is 3.62. The largest absolute Gasteiger partial charge is 0.355 e. The Kier molecular flexibility index (Phi) is 3.03. The summed E-state index contributed by atoms with van der Waals surface area (Å²) in [7, 11) is 0. The molecule has 0 aliphatic carbocycles. The Morgan fingerprint density at radius 3 is 2.38 bits per heavy atom. The molecule has 0 amide bonds. The molecule has 114 valence electrons. The molecule has 2 heteroatoms. The van der Waals surface area contributed by atoms with Crippen molar-refractivity contribution >= 4 is 53.7 Å². The van der Waals surface area contributed by atoms with Gasteiger partial charge in [0, 0.05) is 31.5 Å². The van der Waals surface area contributed by atoms with E-state index in [0.29, 0.717) is 0 Å². The number of anilines is 2. The van der Waals surface area contributed by atoms with Gasteiger partial charge in [0.2, 0.25) is 0 Å². The smallest absolute Gasteiger partial charge is 0.0478 e. The lowest BCUT2D eigenvalue weighted by molar-refractivity contribution is 1.61. The van der Waals surface area contributed by atoms with Crippen LogP contribution in [0, 0.1) is 0 Å². The van der Waals surface area contributed by atoms with Crippen LogP contribution >= 0.6 is 11.3 Å². The van der Waals surface area contributed by atoms with E-state index in [9.17, 15) is 0 Å². The fourth-order valence-corrected chi connectivity index (χ4v) is 4.43. The first-order chi connectivity index (χ1) is 11.9. The topological polar surface area (TPSA) is 12.0 Å². The van der Waals surface area contributed by atoms with Gasteiger partial charge in [-0.15, -0.1) is 11.3 Å². The normalized spacial score (nSPS) is 11.3. The molecular weight excluding hydrogens is 310 g/mol. The van der Waals surface area contributed by atoms with Gasteiger partial charge in [-0.2, -0.15) is 0 Å². The van der Waals surface area contributed by atoms with Crippen LogP contribution in [-0.2, 0) is 0 Å². The second-order valence-corrected chi connectivity index (χ2v) is 7.05. The number of thiophene rings is 1. The van der Waals surface area contributed by atoms with Crippen LogP contribution in [0.5, 0.6) is 0 Å². The molecule has 4 aromatic carbocycles. The third-order valence-electron chi connectivity index (χ3n) is 4.43. The molecule has 0 aliphatic heterocycles. The van der Waals surface area contributed by atoms with Crippen molar-refractivity contribution in [1.29, 1.82) is 0 Å². The summed E-state index contributed by atoms with van der Waals surface area (Å²) in [5.74, 6) is 0. The van der Waals surface area contributed by atoms with Crippen molar-refractivity contribution in [3.63, 3.8) is 0 Å². The number of benzene rings is 4. The van der Waals surface area contributed by atoms with Crippen LogP contribution in [0.15, 0.2) is 84.9 Å². The predicted octanol–water partition coefficient (Wildman–Crippen LogP) is 6.95. The van der Waals surface area contributed by atoms with Crippen molar-refractivity contribution in [2.45, 2.75) is 0 Å². The molecule has 1 N–H and O–H groups in total. The molecule has 0 atom stereocenters. The van der Waals surface area contributed by atoms with E-state index in [2.05, 4.69) is 90.2 Å². The van der Waals surface area contributed by atoms with E-state index in [1.165, 1.54) is 36.6 Å². The second-order valence-electron chi connectivity index (χ2n) is 5.96. The number of hydrogen-bond acceptors (Lipinski definition) is 2. The van der Waals surface area contributed by atoms with Gasteiger partial charge < -0.3 is 5.32 Å². The van der Waals surface area contributed by atoms with Gasteiger partial charge >= 0.3 is 0 Å². The van der Waals surface area contributed by atoms with Crippen LogP contribution in [0.3, 0.4) is 0 Å². The first-order valence-electron chi connectivity index (χ1n) is 8.04. The number of hydrogen-bond donors (Lipinski definition) is 1. The van der Waals surface area contributed by atoms with Crippen molar-refractivity contribution < 1.29 is 0 Å². The highest BCUT2D eigenvalue weighted by Crippen LogP contribution is 2.39. The van der Waals surface area contributed by atoms with Gasteiger partial charge in [-0.05, 0) is 41.1 Å². The molecule has 0 saturated carbocycles. The third kappa shape index (κ3) is 2.15. The number of fused-ring (bicyclic) bond motifs is 4. The van der Waals surface area contributed by atoms with E-state index in [-0.39, 0.29) is 0 Å². The van der Waals surface area contributed by atoms with Gasteiger partial charge in [-0.1, -0.05) is 54.6 Å². The monoisotopic (exact) mass is 325 g/mol. The second kappa shape index (κ2) is 5.36. The SMILES string of the molecule is c1ccc2cc(Nc3cccc4sc5ccccc5c34)ccc2c1. The van der Waals surface area contributed by atoms with Crippen LogP contribution in [0.25, 0.3) is 30.9 Å². The average Bonchev–Trinajstić information content (AvgIpc) is 3.01. The Morgan fingerprint density at radius 1 is 0.625 bits per heavy atom. The van der Waals surface area contributed by atoms with Crippen LogP contribution in [-0.4, -0.2) is 0 Å². The lowest BCUT2D eigenvalue weighted by atomic mass is 10.1. The summed E-state index contributed by atoms with van der Waals surface area (Å²) < 4.78 is 2.65. The minimum atomic E-state index is 1.12. The molecular formula is C22H15NS. The van der Waals surface area contributed by atoms with E-state index in [1.54, 1.807) is 0 Å². The zero-order valence-electron chi connectivity index (χ0n) is 13.0. The molecule has 24 heavy (non-hydrogen) atoms. The maximum Gasteiger partial charge on any atom is 0.0478 e. The highest BCUT2D eigenvalue weighted by atomic mass is 32.1. The summed E-state index contributed by atoms with van der Waals surface area (Å²) in [5.41, 5.74) is 2.29. The highest BCUT2D eigenvalue weighted by molar-refractivity contribution is 7.25. The van der Waals surface area contributed by atoms with Crippen LogP contribution in [0.4, 0.5) is 11.4 Å². The molecule has 5 aromatic rings. The van der Waals surface area contributed by atoms with Gasteiger partial charge in [0.25, 0.3) is 0 Å². The minimum Gasteiger partial charge on any atom is -0.355 e. The minimum absolute atomic E-state index is 1.12. The van der Waals surface area contributed by atoms with E-state index in [1.807, 2.05) is 11.3 Å². The van der Waals surface area contributed by atoms with E-state index < -0.39 is 0 Å². The van der Waals surface area contributed by atoms with Gasteiger partial charge in [0.15, 0.2) is 0 Å². The lowest BCUT2D eigenvalue weighted by Crippen LogP contribution is -1.90. The molecule has 0 bridgehead atoms. The Balaban J connectivity index is 1.68.